The number of halogens is 1. The highest BCUT2D eigenvalue weighted by molar-refractivity contribution is 6.34. The molecular weight excluding hydrogens is 296 g/mol. The maximum absolute atomic E-state index is 12.1. The van der Waals surface area contributed by atoms with E-state index >= 15 is 0 Å². The average Bonchev–Trinajstić information content (AvgIpc) is 2.44. The highest BCUT2D eigenvalue weighted by Crippen LogP contribution is 2.27. The standard InChI is InChI=1S/C18H21ClN2O/c1-11-8-13(3)18(15(19)9-11)21-17(22)10-20-16-7-5-6-12(2)14(16)4/h5-9,20H,10H2,1-4H3,(H,21,22). The number of rotatable bonds is 4. The molecule has 116 valence electrons. The molecule has 0 radical (unpaired) electrons. The lowest BCUT2D eigenvalue weighted by Gasteiger charge is -2.14. The van der Waals surface area contributed by atoms with Crippen molar-refractivity contribution in [1.29, 1.82) is 0 Å². The second-order valence-corrected chi connectivity index (χ2v) is 6.00. The maximum atomic E-state index is 12.1. The molecule has 0 aliphatic heterocycles. The molecule has 0 aliphatic carbocycles. The lowest BCUT2D eigenvalue weighted by atomic mass is 10.1. The normalized spacial score (nSPS) is 10.4. The SMILES string of the molecule is Cc1cc(C)c(NC(=O)CNc2cccc(C)c2C)c(Cl)c1. The molecular formula is C18H21ClN2O. The Bertz CT molecular complexity index is 687. The van der Waals surface area contributed by atoms with Crippen molar-refractivity contribution in [3.63, 3.8) is 0 Å². The van der Waals surface area contributed by atoms with Crippen molar-refractivity contribution in [2.24, 2.45) is 0 Å². The Labute approximate surface area is 136 Å². The summed E-state index contributed by atoms with van der Waals surface area (Å²) in [5, 5.41) is 6.61. The van der Waals surface area contributed by atoms with Gasteiger partial charge in [-0.1, -0.05) is 29.8 Å². The quantitative estimate of drug-likeness (QED) is 0.863. The summed E-state index contributed by atoms with van der Waals surface area (Å²) < 4.78 is 0. The van der Waals surface area contributed by atoms with Gasteiger partial charge in [0.1, 0.15) is 0 Å². The fourth-order valence-corrected chi connectivity index (χ4v) is 2.74. The number of benzene rings is 2. The van der Waals surface area contributed by atoms with Crippen molar-refractivity contribution in [2.75, 3.05) is 17.2 Å². The molecule has 0 atom stereocenters. The first-order valence-electron chi connectivity index (χ1n) is 7.25. The van der Waals surface area contributed by atoms with E-state index in [9.17, 15) is 4.79 Å². The van der Waals surface area contributed by atoms with Gasteiger partial charge in [0.2, 0.25) is 5.91 Å². The van der Waals surface area contributed by atoms with Crippen molar-refractivity contribution in [3.8, 4) is 0 Å². The number of carbonyl (C=O) groups is 1. The number of aryl methyl sites for hydroxylation is 3. The molecule has 0 fully saturated rings. The Balaban J connectivity index is 2.04. The molecule has 22 heavy (non-hydrogen) atoms. The summed E-state index contributed by atoms with van der Waals surface area (Å²) >= 11 is 6.21. The largest absolute Gasteiger partial charge is 0.376 e. The van der Waals surface area contributed by atoms with Gasteiger partial charge in [0, 0.05) is 5.69 Å². The van der Waals surface area contributed by atoms with Crippen LogP contribution in [0.25, 0.3) is 0 Å². The molecule has 0 aromatic heterocycles. The fraction of sp³-hybridized carbons (Fsp3) is 0.278. The van der Waals surface area contributed by atoms with E-state index in [1.807, 2.05) is 45.0 Å². The Kier molecular flexibility index (Phi) is 5.09. The third kappa shape index (κ3) is 3.80. The summed E-state index contributed by atoms with van der Waals surface area (Å²) in [5.41, 5.74) is 6.05. The summed E-state index contributed by atoms with van der Waals surface area (Å²) in [6.45, 7) is 8.21. The van der Waals surface area contributed by atoms with Crippen LogP contribution in [0.3, 0.4) is 0 Å². The predicted molar refractivity (Wildman–Crippen MR) is 94.0 cm³/mol. The molecule has 0 bridgehead atoms. The zero-order valence-electron chi connectivity index (χ0n) is 13.4. The second kappa shape index (κ2) is 6.84. The van der Waals surface area contributed by atoms with E-state index in [1.165, 1.54) is 5.56 Å². The zero-order chi connectivity index (χ0) is 16.3. The van der Waals surface area contributed by atoms with Crippen molar-refractivity contribution in [3.05, 3.63) is 57.6 Å². The van der Waals surface area contributed by atoms with Gasteiger partial charge < -0.3 is 10.6 Å². The molecule has 0 spiro atoms. The lowest BCUT2D eigenvalue weighted by Crippen LogP contribution is -2.22. The summed E-state index contributed by atoms with van der Waals surface area (Å²) in [6.07, 6.45) is 0. The zero-order valence-corrected chi connectivity index (χ0v) is 14.1. The van der Waals surface area contributed by atoms with E-state index in [4.69, 9.17) is 11.6 Å². The van der Waals surface area contributed by atoms with Crippen LogP contribution in [0.15, 0.2) is 30.3 Å². The first-order valence-corrected chi connectivity index (χ1v) is 7.63. The van der Waals surface area contributed by atoms with Crippen LogP contribution in [0, 0.1) is 27.7 Å². The minimum Gasteiger partial charge on any atom is -0.376 e. The van der Waals surface area contributed by atoms with Gasteiger partial charge in [-0.05, 0) is 62.1 Å². The van der Waals surface area contributed by atoms with Crippen molar-refractivity contribution in [1.82, 2.24) is 0 Å². The predicted octanol–water partition coefficient (Wildman–Crippen LogP) is 4.62. The number of carbonyl (C=O) groups excluding carboxylic acids is 1. The maximum Gasteiger partial charge on any atom is 0.243 e. The molecule has 2 aromatic rings. The van der Waals surface area contributed by atoms with E-state index in [0.717, 1.165) is 22.4 Å². The highest BCUT2D eigenvalue weighted by atomic mass is 35.5. The average molecular weight is 317 g/mol. The highest BCUT2D eigenvalue weighted by Gasteiger charge is 2.10. The van der Waals surface area contributed by atoms with E-state index in [1.54, 1.807) is 0 Å². The summed E-state index contributed by atoms with van der Waals surface area (Å²) in [6, 6.07) is 9.85. The molecule has 3 nitrogen and oxygen atoms in total. The Morgan fingerprint density at radius 1 is 1.09 bits per heavy atom. The fourth-order valence-electron chi connectivity index (χ4n) is 2.38. The number of nitrogens with one attached hydrogen (secondary N) is 2. The van der Waals surface area contributed by atoms with Gasteiger partial charge in [-0.2, -0.15) is 0 Å². The van der Waals surface area contributed by atoms with Gasteiger partial charge in [0.25, 0.3) is 0 Å². The van der Waals surface area contributed by atoms with Crippen LogP contribution in [0.4, 0.5) is 11.4 Å². The Morgan fingerprint density at radius 3 is 2.50 bits per heavy atom. The number of hydrogen-bond donors (Lipinski definition) is 2. The van der Waals surface area contributed by atoms with Crippen molar-refractivity contribution >= 4 is 28.9 Å². The van der Waals surface area contributed by atoms with Gasteiger partial charge in [-0.25, -0.2) is 0 Å². The summed E-state index contributed by atoms with van der Waals surface area (Å²) in [5.74, 6) is -0.116. The van der Waals surface area contributed by atoms with Gasteiger partial charge in [0.05, 0.1) is 17.3 Å². The Morgan fingerprint density at radius 2 is 1.82 bits per heavy atom. The molecule has 2 N–H and O–H groups in total. The summed E-state index contributed by atoms with van der Waals surface area (Å²) in [7, 11) is 0. The van der Waals surface area contributed by atoms with Crippen LogP contribution in [-0.2, 0) is 4.79 Å². The van der Waals surface area contributed by atoms with Crippen LogP contribution in [-0.4, -0.2) is 12.5 Å². The molecule has 2 aromatic carbocycles. The van der Waals surface area contributed by atoms with E-state index < -0.39 is 0 Å². The van der Waals surface area contributed by atoms with Crippen LogP contribution < -0.4 is 10.6 Å². The second-order valence-electron chi connectivity index (χ2n) is 5.59. The van der Waals surface area contributed by atoms with Crippen molar-refractivity contribution in [2.45, 2.75) is 27.7 Å². The first-order chi connectivity index (χ1) is 10.4. The van der Waals surface area contributed by atoms with Crippen LogP contribution >= 0.6 is 11.6 Å². The number of anilines is 2. The van der Waals surface area contributed by atoms with Gasteiger partial charge >= 0.3 is 0 Å². The molecule has 0 saturated carbocycles. The van der Waals surface area contributed by atoms with Gasteiger partial charge in [0.15, 0.2) is 0 Å². The number of hydrogen-bond acceptors (Lipinski definition) is 2. The minimum absolute atomic E-state index is 0.116. The van der Waals surface area contributed by atoms with Crippen LogP contribution in [0.1, 0.15) is 22.3 Å². The molecule has 1 amide bonds. The topological polar surface area (TPSA) is 41.1 Å². The van der Waals surface area contributed by atoms with E-state index in [0.29, 0.717) is 10.7 Å². The van der Waals surface area contributed by atoms with Crippen molar-refractivity contribution < 1.29 is 4.79 Å². The summed E-state index contributed by atoms with van der Waals surface area (Å²) in [4.78, 5) is 12.1. The molecule has 0 heterocycles. The van der Waals surface area contributed by atoms with Crippen LogP contribution in [0.2, 0.25) is 5.02 Å². The Hall–Kier alpha value is -2.00. The molecule has 4 heteroatoms. The first kappa shape index (κ1) is 16.4. The van der Waals surface area contributed by atoms with Gasteiger partial charge in [-0.3, -0.25) is 4.79 Å². The minimum atomic E-state index is -0.116. The van der Waals surface area contributed by atoms with E-state index in [2.05, 4.69) is 23.6 Å². The third-order valence-corrected chi connectivity index (χ3v) is 4.04. The molecule has 0 aliphatic rings. The number of amides is 1. The van der Waals surface area contributed by atoms with Gasteiger partial charge in [-0.15, -0.1) is 0 Å². The monoisotopic (exact) mass is 316 g/mol. The third-order valence-electron chi connectivity index (χ3n) is 3.74. The van der Waals surface area contributed by atoms with E-state index in [-0.39, 0.29) is 12.5 Å². The molecule has 0 saturated heterocycles. The smallest absolute Gasteiger partial charge is 0.243 e. The molecule has 0 unspecified atom stereocenters. The van der Waals surface area contributed by atoms with Crippen LogP contribution in [0.5, 0.6) is 0 Å². The lowest BCUT2D eigenvalue weighted by molar-refractivity contribution is -0.114. The molecule has 2 rings (SSSR count).